The van der Waals surface area contributed by atoms with Crippen LogP contribution in [0.2, 0.25) is 0 Å². The van der Waals surface area contributed by atoms with Crippen LogP contribution in [0.25, 0.3) is 0 Å². The molecule has 3 N–H and O–H groups in total. The number of carbonyl (C=O) groups is 1. The summed E-state index contributed by atoms with van der Waals surface area (Å²) < 4.78 is 0. The number of likely N-dealkylation sites (tertiary alicyclic amines) is 1. The topological polar surface area (TPSA) is 58.4 Å². The third-order valence-electron chi connectivity index (χ3n) is 3.83. The van der Waals surface area contributed by atoms with Gasteiger partial charge in [-0.3, -0.25) is 9.69 Å². The van der Waals surface area contributed by atoms with Crippen LogP contribution < -0.4 is 11.1 Å². The predicted octanol–water partition coefficient (Wildman–Crippen LogP) is 1.03. The van der Waals surface area contributed by atoms with Crippen molar-refractivity contribution in [1.29, 1.82) is 0 Å². The lowest BCUT2D eigenvalue weighted by molar-refractivity contribution is -0.121. The second kappa shape index (κ2) is 6.90. The third kappa shape index (κ3) is 4.42. The summed E-state index contributed by atoms with van der Waals surface area (Å²) in [6, 6.07) is 0.255. The highest BCUT2D eigenvalue weighted by Gasteiger charge is 2.20. The Kier molecular flexibility index (Phi) is 5.20. The number of allylic oxidation sites excluding steroid dienone is 1. The monoisotopic (exact) mass is 251 g/mol. The molecule has 0 aromatic carbocycles. The zero-order valence-electron chi connectivity index (χ0n) is 11.2. The maximum absolute atomic E-state index is 11.7. The van der Waals surface area contributed by atoms with Gasteiger partial charge < -0.3 is 11.1 Å². The second-order valence-electron chi connectivity index (χ2n) is 5.49. The lowest BCUT2D eigenvalue weighted by Gasteiger charge is -2.16. The molecule has 1 unspecified atom stereocenters. The van der Waals surface area contributed by atoms with Crippen molar-refractivity contribution in [3.05, 3.63) is 11.6 Å². The Morgan fingerprint density at radius 3 is 3.06 bits per heavy atom. The van der Waals surface area contributed by atoms with Crippen LogP contribution in [-0.4, -0.2) is 43.0 Å². The molecule has 1 aliphatic heterocycles. The Bertz CT molecular complexity index is 314. The lowest BCUT2D eigenvalue weighted by atomic mass is 9.97. The quantitative estimate of drug-likeness (QED) is 0.717. The number of nitrogens with two attached hydrogens (primary N) is 1. The van der Waals surface area contributed by atoms with Gasteiger partial charge in [-0.15, -0.1) is 0 Å². The SMILES string of the molecule is NC1CCN(CC(=O)NCCC2=CCCCC2)C1. The maximum Gasteiger partial charge on any atom is 0.234 e. The summed E-state index contributed by atoms with van der Waals surface area (Å²) >= 11 is 0. The van der Waals surface area contributed by atoms with E-state index in [1.165, 1.54) is 31.3 Å². The molecule has 0 saturated carbocycles. The molecule has 0 aromatic heterocycles. The molecular weight excluding hydrogens is 226 g/mol. The molecule has 102 valence electrons. The average molecular weight is 251 g/mol. The van der Waals surface area contributed by atoms with Gasteiger partial charge in [0, 0.05) is 25.7 Å². The zero-order chi connectivity index (χ0) is 12.8. The van der Waals surface area contributed by atoms with Crippen molar-refractivity contribution in [1.82, 2.24) is 10.2 Å². The first-order valence-corrected chi connectivity index (χ1v) is 7.16. The first-order valence-electron chi connectivity index (χ1n) is 7.16. The summed E-state index contributed by atoms with van der Waals surface area (Å²) in [6.45, 7) is 3.11. The highest BCUT2D eigenvalue weighted by molar-refractivity contribution is 5.78. The van der Waals surface area contributed by atoms with Crippen LogP contribution in [0.5, 0.6) is 0 Å². The highest BCUT2D eigenvalue weighted by Crippen LogP contribution is 2.19. The minimum absolute atomic E-state index is 0.139. The minimum atomic E-state index is 0.139. The van der Waals surface area contributed by atoms with Crippen molar-refractivity contribution in [2.45, 2.75) is 44.6 Å². The van der Waals surface area contributed by atoms with Gasteiger partial charge in [0.2, 0.25) is 5.91 Å². The summed E-state index contributed by atoms with van der Waals surface area (Å²) in [5, 5.41) is 3.01. The van der Waals surface area contributed by atoms with Gasteiger partial charge in [0.25, 0.3) is 0 Å². The minimum Gasteiger partial charge on any atom is -0.355 e. The Morgan fingerprint density at radius 2 is 2.39 bits per heavy atom. The first kappa shape index (κ1) is 13.6. The van der Waals surface area contributed by atoms with Crippen molar-refractivity contribution in [3.63, 3.8) is 0 Å². The fraction of sp³-hybridized carbons (Fsp3) is 0.786. The highest BCUT2D eigenvalue weighted by atomic mass is 16.2. The molecule has 18 heavy (non-hydrogen) atoms. The van der Waals surface area contributed by atoms with Crippen LogP contribution in [0.15, 0.2) is 11.6 Å². The van der Waals surface area contributed by atoms with E-state index in [9.17, 15) is 4.79 Å². The molecule has 4 heteroatoms. The van der Waals surface area contributed by atoms with E-state index in [4.69, 9.17) is 5.73 Å². The number of hydrogen-bond donors (Lipinski definition) is 2. The fourth-order valence-electron chi connectivity index (χ4n) is 2.76. The Hall–Kier alpha value is -0.870. The van der Waals surface area contributed by atoms with Crippen molar-refractivity contribution in [2.24, 2.45) is 5.73 Å². The van der Waals surface area contributed by atoms with Gasteiger partial charge in [-0.25, -0.2) is 0 Å². The lowest BCUT2D eigenvalue weighted by Crippen LogP contribution is -2.37. The number of nitrogens with one attached hydrogen (secondary N) is 1. The van der Waals surface area contributed by atoms with Gasteiger partial charge in [-0.1, -0.05) is 11.6 Å². The van der Waals surface area contributed by atoms with Gasteiger partial charge >= 0.3 is 0 Å². The largest absolute Gasteiger partial charge is 0.355 e. The van der Waals surface area contributed by atoms with E-state index in [1.54, 1.807) is 0 Å². The molecule has 1 fully saturated rings. The van der Waals surface area contributed by atoms with Crippen LogP contribution in [0.3, 0.4) is 0 Å². The van der Waals surface area contributed by atoms with Crippen LogP contribution in [0.4, 0.5) is 0 Å². The van der Waals surface area contributed by atoms with E-state index in [0.717, 1.165) is 32.5 Å². The first-order chi connectivity index (χ1) is 8.74. The second-order valence-corrected chi connectivity index (χ2v) is 5.49. The molecule has 0 bridgehead atoms. The van der Waals surface area contributed by atoms with E-state index < -0.39 is 0 Å². The average Bonchev–Trinajstić information content (AvgIpc) is 2.76. The molecule has 4 nitrogen and oxygen atoms in total. The van der Waals surface area contributed by atoms with Crippen molar-refractivity contribution in [3.8, 4) is 0 Å². The molecule has 1 amide bonds. The van der Waals surface area contributed by atoms with Crippen molar-refractivity contribution < 1.29 is 4.79 Å². The number of rotatable bonds is 5. The molecule has 1 atom stereocenters. The van der Waals surface area contributed by atoms with E-state index in [0.29, 0.717) is 6.54 Å². The van der Waals surface area contributed by atoms with Crippen LogP contribution in [0.1, 0.15) is 38.5 Å². The summed E-state index contributed by atoms with van der Waals surface area (Å²) in [5.41, 5.74) is 7.34. The van der Waals surface area contributed by atoms with E-state index in [-0.39, 0.29) is 11.9 Å². The number of amides is 1. The molecule has 0 aromatic rings. The molecule has 1 saturated heterocycles. The maximum atomic E-state index is 11.7. The Labute approximate surface area is 110 Å². The van der Waals surface area contributed by atoms with Gasteiger partial charge in [0.15, 0.2) is 0 Å². The number of nitrogens with zero attached hydrogens (tertiary/aromatic N) is 1. The van der Waals surface area contributed by atoms with E-state index in [2.05, 4.69) is 16.3 Å². The zero-order valence-corrected chi connectivity index (χ0v) is 11.2. The van der Waals surface area contributed by atoms with Crippen molar-refractivity contribution in [2.75, 3.05) is 26.2 Å². The Balaban J connectivity index is 1.58. The molecule has 1 aliphatic carbocycles. The number of carbonyl (C=O) groups excluding carboxylic acids is 1. The molecule has 0 spiro atoms. The van der Waals surface area contributed by atoms with Gasteiger partial charge in [0.1, 0.15) is 0 Å². The van der Waals surface area contributed by atoms with Crippen LogP contribution >= 0.6 is 0 Å². The van der Waals surface area contributed by atoms with E-state index in [1.807, 2.05) is 0 Å². The molecule has 1 heterocycles. The van der Waals surface area contributed by atoms with Gasteiger partial charge in [-0.05, 0) is 38.5 Å². The smallest absolute Gasteiger partial charge is 0.234 e. The van der Waals surface area contributed by atoms with Crippen LogP contribution in [0, 0.1) is 0 Å². The Morgan fingerprint density at radius 1 is 1.50 bits per heavy atom. The summed E-state index contributed by atoms with van der Waals surface area (Å²) in [7, 11) is 0. The normalized spacial score (nSPS) is 24.9. The third-order valence-corrected chi connectivity index (χ3v) is 3.83. The molecule has 2 rings (SSSR count). The predicted molar refractivity (Wildman–Crippen MR) is 73.2 cm³/mol. The summed E-state index contributed by atoms with van der Waals surface area (Å²) in [4.78, 5) is 13.9. The fourth-order valence-corrected chi connectivity index (χ4v) is 2.76. The molecule has 2 aliphatic rings. The standard InChI is InChI=1S/C14H25N3O/c15-13-7-9-17(10-13)11-14(18)16-8-6-12-4-2-1-3-5-12/h4,13H,1-3,5-11,15H2,(H,16,18). The van der Waals surface area contributed by atoms with E-state index >= 15 is 0 Å². The summed E-state index contributed by atoms with van der Waals surface area (Å²) in [6.07, 6.45) is 9.45. The van der Waals surface area contributed by atoms with Gasteiger partial charge in [0.05, 0.1) is 6.54 Å². The van der Waals surface area contributed by atoms with Crippen molar-refractivity contribution >= 4 is 5.91 Å². The van der Waals surface area contributed by atoms with Crippen LogP contribution in [-0.2, 0) is 4.79 Å². The molecular formula is C14H25N3O. The molecule has 0 radical (unpaired) electrons. The summed E-state index contributed by atoms with van der Waals surface area (Å²) in [5.74, 6) is 0.139. The van der Waals surface area contributed by atoms with Gasteiger partial charge in [-0.2, -0.15) is 0 Å². The number of hydrogen-bond acceptors (Lipinski definition) is 3.